The number of fused-ring (bicyclic) bond motifs is 1. The van der Waals surface area contributed by atoms with E-state index in [-0.39, 0.29) is 23.8 Å². The first-order chi connectivity index (χ1) is 13.7. The molecule has 7 heteroatoms. The molecule has 0 saturated heterocycles. The van der Waals surface area contributed by atoms with Crippen LogP contribution in [0.1, 0.15) is 38.1 Å². The number of carbonyl (C=O) groups is 3. The number of amides is 2. The molecule has 0 radical (unpaired) electrons. The van der Waals surface area contributed by atoms with Crippen LogP contribution in [0.2, 0.25) is 0 Å². The largest absolute Gasteiger partial charge is 0.490 e. The third kappa shape index (κ3) is 4.23. The zero-order chi connectivity index (χ0) is 21.2. The molecule has 1 aliphatic heterocycles. The molecule has 1 N–H and O–H groups in total. The van der Waals surface area contributed by atoms with Crippen LogP contribution in [0.25, 0.3) is 0 Å². The van der Waals surface area contributed by atoms with Gasteiger partial charge in [0.25, 0.3) is 5.91 Å². The smallest absolute Gasteiger partial charge is 0.308 e. The van der Waals surface area contributed by atoms with Crippen LogP contribution in [0.5, 0.6) is 11.5 Å². The number of para-hydroxylation sites is 1. The van der Waals surface area contributed by atoms with Gasteiger partial charge < -0.3 is 19.7 Å². The second-order valence-corrected chi connectivity index (χ2v) is 7.45. The summed E-state index contributed by atoms with van der Waals surface area (Å²) < 4.78 is 11.0. The lowest BCUT2D eigenvalue weighted by Crippen LogP contribution is -2.42. The fraction of sp³-hybridized carbons (Fsp3) is 0.318. The van der Waals surface area contributed by atoms with Gasteiger partial charge in [0.1, 0.15) is 18.1 Å². The molecular formula is C22H24N2O5. The predicted molar refractivity (Wildman–Crippen MR) is 109 cm³/mol. The quantitative estimate of drug-likeness (QED) is 0.630. The molecule has 3 rings (SSSR count). The second-order valence-electron chi connectivity index (χ2n) is 7.45. The highest BCUT2D eigenvalue weighted by Gasteiger charge is 2.37. The molecule has 0 aliphatic carbocycles. The van der Waals surface area contributed by atoms with Gasteiger partial charge >= 0.3 is 5.97 Å². The lowest BCUT2D eigenvalue weighted by molar-refractivity contribution is -0.132. The van der Waals surface area contributed by atoms with Crippen molar-refractivity contribution in [2.75, 3.05) is 23.4 Å². The average Bonchev–Trinajstić information content (AvgIpc) is 2.76. The number of nitrogens with one attached hydrogen (secondary N) is 1. The van der Waals surface area contributed by atoms with Gasteiger partial charge in [-0.25, -0.2) is 0 Å². The Labute approximate surface area is 169 Å². The maximum Gasteiger partial charge on any atom is 0.308 e. The first-order valence-corrected chi connectivity index (χ1v) is 9.40. The zero-order valence-electron chi connectivity index (χ0n) is 16.9. The van der Waals surface area contributed by atoms with Gasteiger partial charge in [0.05, 0.1) is 16.7 Å². The summed E-state index contributed by atoms with van der Waals surface area (Å²) in [6, 6.07) is 11.7. The van der Waals surface area contributed by atoms with E-state index in [4.69, 9.17) is 9.47 Å². The number of esters is 1. The molecule has 0 unspecified atom stereocenters. The second kappa shape index (κ2) is 7.95. The van der Waals surface area contributed by atoms with Crippen molar-refractivity contribution in [2.24, 2.45) is 5.41 Å². The lowest BCUT2D eigenvalue weighted by Gasteiger charge is -2.26. The van der Waals surface area contributed by atoms with Crippen molar-refractivity contribution < 1.29 is 23.9 Å². The van der Waals surface area contributed by atoms with Crippen molar-refractivity contribution in [3.8, 4) is 11.5 Å². The summed E-state index contributed by atoms with van der Waals surface area (Å²) in [5.74, 6) is -0.217. The molecule has 2 aromatic rings. The minimum atomic E-state index is -0.651. The van der Waals surface area contributed by atoms with E-state index < -0.39 is 17.3 Å². The highest BCUT2D eigenvalue weighted by Crippen LogP contribution is 2.38. The Morgan fingerprint density at radius 2 is 1.93 bits per heavy atom. The molecule has 1 heterocycles. The summed E-state index contributed by atoms with van der Waals surface area (Å²) in [4.78, 5) is 38.4. The Morgan fingerprint density at radius 3 is 2.62 bits per heavy atom. The standard InChI is InChI=1S/C22H24N2O5/c1-5-24-17-11-10-15(12-19(17)28-13-22(3,4)21(24)27)23-20(26)16-8-6-7-9-18(16)29-14(2)25/h6-12H,5,13H2,1-4H3,(H,23,26). The van der Waals surface area contributed by atoms with Gasteiger partial charge in [-0.2, -0.15) is 0 Å². The number of carbonyl (C=O) groups excluding carboxylic acids is 3. The van der Waals surface area contributed by atoms with E-state index in [2.05, 4.69) is 5.32 Å². The van der Waals surface area contributed by atoms with Gasteiger partial charge in [-0.05, 0) is 45.0 Å². The number of nitrogens with zero attached hydrogens (tertiary/aromatic N) is 1. The molecule has 1 aliphatic rings. The summed E-state index contributed by atoms with van der Waals surface area (Å²) in [5, 5.41) is 2.79. The summed E-state index contributed by atoms with van der Waals surface area (Å²) in [6.45, 7) is 7.63. The maximum absolute atomic E-state index is 12.8. The molecule has 0 saturated carbocycles. The Morgan fingerprint density at radius 1 is 1.21 bits per heavy atom. The SMILES string of the molecule is CCN1C(=O)C(C)(C)COc2cc(NC(=O)c3ccccc3OC(C)=O)ccc21. The van der Waals surface area contributed by atoms with Crippen LogP contribution in [0, 0.1) is 5.41 Å². The lowest BCUT2D eigenvalue weighted by atomic mass is 9.93. The van der Waals surface area contributed by atoms with Crippen LogP contribution in [-0.4, -0.2) is 30.9 Å². The van der Waals surface area contributed by atoms with Crippen molar-refractivity contribution >= 4 is 29.2 Å². The maximum atomic E-state index is 12.8. The van der Waals surface area contributed by atoms with E-state index in [0.717, 1.165) is 0 Å². The van der Waals surface area contributed by atoms with Crippen LogP contribution in [-0.2, 0) is 9.59 Å². The first kappa shape index (κ1) is 20.4. The molecule has 0 bridgehead atoms. The van der Waals surface area contributed by atoms with Gasteiger partial charge in [-0.3, -0.25) is 14.4 Å². The van der Waals surface area contributed by atoms with E-state index >= 15 is 0 Å². The molecule has 0 atom stereocenters. The Hall–Kier alpha value is -3.35. The number of rotatable bonds is 4. The molecule has 7 nitrogen and oxygen atoms in total. The van der Waals surface area contributed by atoms with E-state index in [1.165, 1.54) is 6.92 Å². The normalized spacial score (nSPS) is 15.0. The predicted octanol–water partition coefficient (Wildman–Crippen LogP) is 3.64. The van der Waals surface area contributed by atoms with Crippen LogP contribution >= 0.6 is 0 Å². The van der Waals surface area contributed by atoms with Crippen LogP contribution in [0.4, 0.5) is 11.4 Å². The fourth-order valence-electron chi connectivity index (χ4n) is 3.14. The van der Waals surface area contributed by atoms with E-state index in [1.54, 1.807) is 47.4 Å². The number of hydrogen-bond acceptors (Lipinski definition) is 5. The minimum Gasteiger partial charge on any atom is -0.490 e. The molecule has 0 spiro atoms. The minimum absolute atomic E-state index is 0.00848. The van der Waals surface area contributed by atoms with Crippen molar-refractivity contribution in [1.29, 1.82) is 0 Å². The molecular weight excluding hydrogens is 372 g/mol. The van der Waals surface area contributed by atoms with Crippen molar-refractivity contribution in [2.45, 2.75) is 27.7 Å². The molecule has 29 heavy (non-hydrogen) atoms. The molecule has 0 aromatic heterocycles. The Bertz CT molecular complexity index is 967. The van der Waals surface area contributed by atoms with Crippen molar-refractivity contribution in [1.82, 2.24) is 0 Å². The third-order valence-electron chi connectivity index (χ3n) is 4.62. The van der Waals surface area contributed by atoms with Gasteiger partial charge in [0.2, 0.25) is 5.91 Å². The number of anilines is 2. The van der Waals surface area contributed by atoms with Crippen LogP contribution < -0.4 is 19.7 Å². The van der Waals surface area contributed by atoms with Gasteiger partial charge in [-0.1, -0.05) is 12.1 Å². The molecule has 0 fully saturated rings. The van der Waals surface area contributed by atoms with Crippen LogP contribution in [0.15, 0.2) is 42.5 Å². The highest BCUT2D eigenvalue weighted by atomic mass is 16.5. The van der Waals surface area contributed by atoms with E-state index in [0.29, 0.717) is 23.7 Å². The fourth-order valence-corrected chi connectivity index (χ4v) is 3.14. The van der Waals surface area contributed by atoms with E-state index in [1.807, 2.05) is 20.8 Å². The molecule has 152 valence electrons. The summed E-state index contributed by atoms with van der Waals surface area (Å²) >= 11 is 0. The molecule has 2 aromatic carbocycles. The van der Waals surface area contributed by atoms with Gasteiger partial charge in [0.15, 0.2) is 0 Å². The molecule has 2 amide bonds. The van der Waals surface area contributed by atoms with Gasteiger partial charge in [-0.15, -0.1) is 0 Å². The first-order valence-electron chi connectivity index (χ1n) is 9.40. The zero-order valence-corrected chi connectivity index (χ0v) is 16.9. The highest BCUT2D eigenvalue weighted by molar-refractivity contribution is 6.07. The van der Waals surface area contributed by atoms with Crippen LogP contribution in [0.3, 0.4) is 0 Å². The summed E-state index contributed by atoms with van der Waals surface area (Å²) in [6.07, 6.45) is 0. The Kier molecular flexibility index (Phi) is 5.59. The summed E-state index contributed by atoms with van der Waals surface area (Å²) in [7, 11) is 0. The van der Waals surface area contributed by atoms with Crippen molar-refractivity contribution in [3.63, 3.8) is 0 Å². The number of ether oxygens (including phenoxy) is 2. The third-order valence-corrected chi connectivity index (χ3v) is 4.62. The van der Waals surface area contributed by atoms with Crippen molar-refractivity contribution in [3.05, 3.63) is 48.0 Å². The summed E-state index contributed by atoms with van der Waals surface area (Å²) in [5.41, 5.74) is 0.766. The average molecular weight is 396 g/mol. The number of hydrogen-bond donors (Lipinski definition) is 1. The van der Waals surface area contributed by atoms with E-state index in [9.17, 15) is 14.4 Å². The number of benzene rings is 2. The Balaban J connectivity index is 1.88. The monoisotopic (exact) mass is 396 g/mol. The van der Waals surface area contributed by atoms with Gasteiger partial charge in [0, 0.05) is 25.2 Å². The topological polar surface area (TPSA) is 84.9 Å².